The van der Waals surface area contributed by atoms with E-state index in [9.17, 15) is 9.18 Å². The molecule has 0 fully saturated rings. The first kappa shape index (κ1) is 15.1. The van der Waals surface area contributed by atoms with Crippen LogP contribution in [0.25, 0.3) is 10.8 Å². The zero-order valence-electron chi connectivity index (χ0n) is 12.9. The molecule has 0 aliphatic heterocycles. The first-order chi connectivity index (χ1) is 11.1. The van der Waals surface area contributed by atoms with E-state index in [1.807, 2.05) is 6.07 Å². The first-order valence-electron chi connectivity index (χ1n) is 7.12. The third kappa shape index (κ3) is 2.90. The Morgan fingerprint density at radius 3 is 2.30 bits per heavy atom. The fourth-order valence-electron chi connectivity index (χ4n) is 2.52. The van der Waals surface area contributed by atoms with Crippen molar-refractivity contribution in [2.45, 2.75) is 6.54 Å². The molecule has 0 amide bonds. The van der Waals surface area contributed by atoms with Crippen molar-refractivity contribution in [3.05, 3.63) is 70.4 Å². The van der Waals surface area contributed by atoms with E-state index in [2.05, 4.69) is 0 Å². The highest BCUT2D eigenvalue weighted by Crippen LogP contribution is 2.30. The van der Waals surface area contributed by atoms with Crippen LogP contribution in [0.2, 0.25) is 0 Å². The van der Waals surface area contributed by atoms with Gasteiger partial charge in [0, 0.05) is 6.20 Å². The van der Waals surface area contributed by atoms with Crippen molar-refractivity contribution in [3.8, 4) is 11.5 Å². The summed E-state index contributed by atoms with van der Waals surface area (Å²) in [7, 11) is 3.09. The minimum Gasteiger partial charge on any atom is -0.493 e. The molecule has 0 radical (unpaired) electrons. The smallest absolute Gasteiger partial charge is 0.258 e. The predicted molar refractivity (Wildman–Crippen MR) is 86.8 cm³/mol. The van der Waals surface area contributed by atoms with Gasteiger partial charge < -0.3 is 14.0 Å². The SMILES string of the molecule is COc1cc2ccn(Cc3ccc(F)cc3)c(=O)c2cc1OC. The van der Waals surface area contributed by atoms with E-state index < -0.39 is 0 Å². The fourth-order valence-corrected chi connectivity index (χ4v) is 2.52. The monoisotopic (exact) mass is 313 g/mol. The number of methoxy groups -OCH3 is 2. The van der Waals surface area contributed by atoms with Crippen molar-refractivity contribution in [2.75, 3.05) is 14.2 Å². The summed E-state index contributed by atoms with van der Waals surface area (Å²) in [6.07, 6.45) is 1.72. The maximum Gasteiger partial charge on any atom is 0.258 e. The normalized spacial score (nSPS) is 10.7. The van der Waals surface area contributed by atoms with Crippen LogP contribution in [0, 0.1) is 5.82 Å². The lowest BCUT2D eigenvalue weighted by Gasteiger charge is -2.11. The zero-order chi connectivity index (χ0) is 16.4. The van der Waals surface area contributed by atoms with Crippen molar-refractivity contribution >= 4 is 10.8 Å². The lowest BCUT2D eigenvalue weighted by atomic mass is 10.1. The molecule has 0 unspecified atom stereocenters. The van der Waals surface area contributed by atoms with Crippen LogP contribution in [-0.2, 0) is 6.54 Å². The first-order valence-corrected chi connectivity index (χ1v) is 7.12. The standard InChI is InChI=1S/C18H16FNO3/c1-22-16-9-13-7-8-20(11-12-3-5-14(19)6-4-12)18(21)15(13)10-17(16)23-2/h3-10H,11H2,1-2H3. The Labute approximate surface area is 132 Å². The van der Waals surface area contributed by atoms with Gasteiger partial charge in [0.25, 0.3) is 5.56 Å². The third-order valence-electron chi connectivity index (χ3n) is 3.75. The van der Waals surface area contributed by atoms with Gasteiger partial charge in [0.15, 0.2) is 11.5 Å². The van der Waals surface area contributed by atoms with Gasteiger partial charge in [-0.1, -0.05) is 12.1 Å². The molecule has 118 valence electrons. The summed E-state index contributed by atoms with van der Waals surface area (Å²) in [6, 6.07) is 11.4. The molecular formula is C18H16FNO3. The van der Waals surface area contributed by atoms with Gasteiger partial charge in [0.2, 0.25) is 0 Å². The molecule has 0 saturated carbocycles. The number of fused-ring (bicyclic) bond motifs is 1. The summed E-state index contributed by atoms with van der Waals surface area (Å²) in [5.41, 5.74) is 0.723. The van der Waals surface area contributed by atoms with E-state index in [4.69, 9.17) is 9.47 Å². The molecule has 1 heterocycles. The van der Waals surface area contributed by atoms with E-state index in [0.29, 0.717) is 23.4 Å². The Morgan fingerprint density at radius 1 is 1.00 bits per heavy atom. The number of nitrogens with zero attached hydrogens (tertiary/aromatic N) is 1. The number of benzene rings is 2. The molecule has 3 aromatic rings. The van der Waals surface area contributed by atoms with E-state index in [-0.39, 0.29) is 11.4 Å². The van der Waals surface area contributed by atoms with Crippen LogP contribution in [0.3, 0.4) is 0 Å². The lowest BCUT2D eigenvalue weighted by Crippen LogP contribution is -2.20. The van der Waals surface area contributed by atoms with Gasteiger partial charge in [-0.15, -0.1) is 0 Å². The highest BCUT2D eigenvalue weighted by atomic mass is 19.1. The molecule has 0 spiro atoms. The van der Waals surface area contributed by atoms with Crippen molar-refractivity contribution in [3.63, 3.8) is 0 Å². The average molecular weight is 313 g/mol. The minimum atomic E-state index is -0.295. The molecule has 5 heteroatoms. The Hall–Kier alpha value is -2.82. The topological polar surface area (TPSA) is 40.5 Å². The Morgan fingerprint density at radius 2 is 1.65 bits per heavy atom. The Balaban J connectivity index is 2.07. The molecule has 2 aromatic carbocycles. The number of hydrogen-bond acceptors (Lipinski definition) is 3. The lowest BCUT2D eigenvalue weighted by molar-refractivity contribution is 0.356. The molecule has 3 rings (SSSR count). The second-order valence-electron chi connectivity index (χ2n) is 5.17. The van der Waals surface area contributed by atoms with Crippen LogP contribution in [0.1, 0.15) is 5.56 Å². The highest BCUT2D eigenvalue weighted by molar-refractivity contribution is 5.85. The van der Waals surface area contributed by atoms with E-state index in [0.717, 1.165) is 10.9 Å². The van der Waals surface area contributed by atoms with Crippen molar-refractivity contribution in [1.82, 2.24) is 4.57 Å². The van der Waals surface area contributed by atoms with Crippen molar-refractivity contribution in [1.29, 1.82) is 0 Å². The van der Waals surface area contributed by atoms with Crippen LogP contribution >= 0.6 is 0 Å². The number of rotatable bonds is 4. The zero-order valence-corrected chi connectivity index (χ0v) is 12.9. The Bertz CT molecular complexity index is 901. The van der Waals surface area contributed by atoms with E-state index >= 15 is 0 Å². The number of ether oxygens (including phenoxy) is 2. The fraction of sp³-hybridized carbons (Fsp3) is 0.167. The molecule has 0 N–H and O–H groups in total. The maximum absolute atomic E-state index is 13.0. The summed E-state index contributed by atoms with van der Waals surface area (Å²) >= 11 is 0. The van der Waals surface area contributed by atoms with Crippen molar-refractivity contribution < 1.29 is 13.9 Å². The highest BCUT2D eigenvalue weighted by Gasteiger charge is 2.10. The second kappa shape index (κ2) is 6.12. The molecule has 0 bridgehead atoms. The summed E-state index contributed by atoms with van der Waals surface area (Å²) in [6.45, 7) is 0.378. The van der Waals surface area contributed by atoms with Gasteiger partial charge in [-0.2, -0.15) is 0 Å². The Kier molecular flexibility index (Phi) is 4.02. The maximum atomic E-state index is 13.0. The molecule has 0 atom stereocenters. The predicted octanol–water partition coefficient (Wildman–Crippen LogP) is 3.21. The summed E-state index contributed by atoms with van der Waals surface area (Å²) in [4.78, 5) is 12.7. The molecule has 1 aromatic heterocycles. The van der Waals surface area contributed by atoms with Gasteiger partial charge in [-0.05, 0) is 41.3 Å². The van der Waals surface area contributed by atoms with E-state index in [1.165, 1.54) is 19.2 Å². The average Bonchev–Trinajstić information content (AvgIpc) is 2.58. The van der Waals surface area contributed by atoms with Crippen LogP contribution in [0.5, 0.6) is 11.5 Å². The van der Waals surface area contributed by atoms with E-state index in [1.54, 1.807) is 42.1 Å². The van der Waals surface area contributed by atoms with Crippen molar-refractivity contribution in [2.24, 2.45) is 0 Å². The van der Waals surface area contributed by atoms with Crippen LogP contribution < -0.4 is 15.0 Å². The molecular weight excluding hydrogens is 297 g/mol. The molecule has 23 heavy (non-hydrogen) atoms. The molecule has 0 aliphatic carbocycles. The summed E-state index contributed by atoms with van der Waals surface area (Å²) in [5.74, 6) is 0.795. The largest absolute Gasteiger partial charge is 0.493 e. The van der Waals surface area contributed by atoms with Gasteiger partial charge in [-0.25, -0.2) is 4.39 Å². The van der Waals surface area contributed by atoms with Crippen LogP contribution in [0.4, 0.5) is 4.39 Å². The quantitative estimate of drug-likeness (QED) is 0.742. The van der Waals surface area contributed by atoms with Gasteiger partial charge >= 0.3 is 0 Å². The van der Waals surface area contributed by atoms with Crippen LogP contribution in [-0.4, -0.2) is 18.8 Å². The number of halogens is 1. The summed E-state index contributed by atoms with van der Waals surface area (Å²) < 4.78 is 25.1. The number of hydrogen-bond donors (Lipinski definition) is 0. The molecule has 0 saturated heterocycles. The van der Waals surface area contributed by atoms with Crippen LogP contribution in [0.15, 0.2) is 53.5 Å². The number of pyridine rings is 1. The van der Waals surface area contributed by atoms with Gasteiger partial charge in [0.1, 0.15) is 5.82 Å². The molecule has 0 aliphatic rings. The summed E-state index contributed by atoms with van der Waals surface area (Å²) in [5, 5.41) is 1.33. The molecule has 4 nitrogen and oxygen atoms in total. The van der Waals surface area contributed by atoms with Gasteiger partial charge in [0.05, 0.1) is 26.2 Å². The minimum absolute atomic E-state index is 0.132. The third-order valence-corrected chi connectivity index (χ3v) is 3.75. The second-order valence-corrected chi connectivity index (χ2v) is 5.17. The van der Waals surface area contributed by atoms with Gasteiger partial charge in [-0.3, -0.25) is 4.79 Å². The number of aromatic nitrogens is 1.